The molecule has 28 heavy (non-hydrogen) atoms. The molecule has 2 aromatic heterocycles. The number of nitrogens with one attached hydrogen (secondary N) is 2. The van der Waals surface area contributed by atoms with Crippen molar-refractivity contribution in [1.29, 1.82) is 0 Å². The summed E-state index contributed by atoms with van der Waals surface area (Å²) in [4.78, 5) is 15.9. The first kappa shape index (κ1) is 18.3. The zero-order valence-electron chi connectivity index (χ0n) is 15.0. The summed E-state index contributed by atoms with van der Waals surface area (Å²) in [5.74, 6) is -0.547. The third kappa shape index (κ3) is 3.51. The number of hydrogen-bond donors (Lipinski definition) is 2. The first-order chi connectivity index (χ1) is 13.3. The van der Waals surface area contributed by atoms with Crippen LogP contribution in [0.5, 0.6) is 0 Å². The monoisotopic (exact) mass is 416 g/mol. The molecule has 4 rings (SSSR count). The Labute approximate surface area is 164 Å². The zero-order chi connectivity index (χ0) is 19.9. The van der Waals surface area contributed by atoms with Crippen molar-refractivity contribution in [1.82, 2.24) is 9.55 Å². The van der Waals surface area contributed by atoms with Crippen LogP contribution in [-0.2, 0) is 17.1 Å². The summed E-state index contributed by atoms with van der Waals surface area (Å²) in [5, 5.41) is 5.79. The predicted molar refractivity (Wildman–Crippen MR) is 109 cm³/mol. The van der Waals surface area contributed by atoms with Gasteiger partial charge in [0.2, 0.25) is 0 Å². The molecule has 0 amide bonds. The highest BCUT2D eigenvalue weighted by Crippen LogP contribution is 2.25. The lowest BCUT2D eigenvalue weighted by Crippen LogP contribution is -2.13. The Bertz CT molecular complexity index is 1340. The number of sulfonamides is 1. The summed E-state index contributed by atoms with van der Waals surface area (Å²) in [6.07, 6.45) is 0. The van der Waals surface area contributed by atoms with E-state index in [1.807, 2.05) is 18.4 Å². The Hall–Kier alpha value is -3.11. The molecule has 2 N–H and O–H groups in total. The van der Waals surface area contributed by atoms with Gasteiger partial charge < -0.3 is 9.73 Å². The number of oxazole rings is 1. The maximum atomic E-state index is 12.7. The normalized spacial score (nSPS) is 11.6. The number of rotatable bonds is 5. The molecule has 4 aromatic rings. The summed E-state index contributed by atoms with van der Waals surface area (Å²) < 4.78 is 34.4. The molecule has 0 aliphatic rings. The van der Waals surface area contributed by atoms with E-state index in [0.717, 1.165) is 10.8 Å². The number of aromatic nitrogens is 2. The van der Waals surface area contributed by atoms with Gasteiger partial charge in [-0.1, -0.05) is 6.07 Å². The highest BCUT2D eigenvalue weighted by atomic mass is 32.2. The van der Waals surface area contributed by atoms with Crippen molar-refractivity contribution in [2.45, 2.75) is 11.8 Å². The van der Waals surface area contributed by atoms with E-state index in [2.05, 4.69) is 15.0 Å². The minimum atomic E-state index is -3.86. The van der Waals surface area contributed by atoms with Gasteiger partial charge >= 0.3 is 5.76 Å². The molecule has 8 nitrogen and oxygen atoms in total. The fourth-order valence-corrected chi connectivity index (χ4v) is 4.46. The molecule has 2 aromatic carbocycles. The Balaban J connectivity index is 1.61. The number of fused-ring (bicyclic) bond motifs is 1. The lowest BCUT2D eigenvalue weighted by atomic mass is 10.3. The van der Waals surface area contributed by atoms with Gasteiger partial charge in [-0.05, 0) is 37.3 Å². The van der Waals surface area contributed by atoms with Gasteiger partial charge in [-0.15, -0.1) is 11.3 Å². The van der Waals surface area contributed by atoms with Crippen molar-refractivity contribution in [2.24, 2.45) is 7.05 Å². The number of hydrogen-bond acceptors (Lipinski definition) is 7. The Morgan fingerprint density at radius 2 is 1.93 bits per heavy atom. The number of benzene rings is 2. The van der Waals surface area contributed by atoms with E-state index in [4.69, 9.17) is 4.42 Å². The number of thiazole rings is 1. The van der Waals surface area contributed by atoms with Gasteiger partial charge in [-0.2, -0.15) is 0 Å². The highest BCUT2D eigenvalue weighted by Gasteiger charge is 2.17. The van der Waals surface area contributed by atoms with Crippen molar-refractivity contribution < 1.29 is 12.8 Å². The summed E-state index contributed by atoms with van der Waals surface area (Å²) in [5.41, 5.74) is 2.75. The van der Waals surface area contributed by atoms with Crippen LogP contribution in [0.25, 0.3) is 11.1 Å². The second-order valence-corrected chi connectivity index (χ2v) is 8.70. The first-order valence-corrected chi connectivity index (χ1v) is 10.6. The van der Waals surface area contributed by atoms with Crippen molar-refractivity contribution in [3.05, 3.63) is 64.1 Å². The standard InChI is InChI=1S/C18H16N4O4S2/c1-11-10-27-17(19-11)20-12-4-3-5-13(8-12)21-28(24,25)14-6-7-15-16(9-14)26-18(23)22(15)2/h3-10,21H,1-2H3,(H,19,20). The average molecular weight is 416 g/mol. The molecule has 0 unspecified atom stereocenters. The van der Waals surface area contributed by atoms with Gasteiger partial charge in [-0.25, -0.2) is 18.2 Å². The van der Waals surface area contributed by atoms with Crippen molar-refractivity contribution in [3.8, 4) is 0 Å². The van der Waals surface area contributed by atoms with Gasteiger partial charge in [0.05, 0.1) is 21.8 Å². The molecule has 0 saturated heterocycles. The Morgan fingerprint density at radius 3 is 2.68 bits per heavy atom. The van der Waals surface area contributed by atoms with Crippen LogP contribution in [-0.4, -0.2) is 18.0 Å². The number of aryl methyl sites for hydroxylation is 2. The lowest BCUT2D eigenvalue weighted by molar-refractivity contribution is 0.527. The van der Waals surface area contributed by atoms with Crippen LogP contribution in [0.15, 0.2) is 62.0 Å². The van der Waals surface area contributed by atoms with Gasteiger partial charge in [0.15, 0.2) is 10.7 Å². The third-order valence-corrected chi connectivity index (χ3v) is 6.31. The maximum Gasteiger partial charge on any atom is 0.419 e. The second kappa shape index (κ2) is 6.80. The molecule has 0 saturated carbocycles. The number of anilines is 3. The molecule has 144 valence electrons. The molecule has 2 heterocycles. The molecule has 0 aliphatic heterocycles. The molecule has 0 atom stereocenters. The first-order valence-electron chi connectivity index (χ1n) is 8.23. The molecular formula is C18H16N4O4S2. The van der Waals surface area contributed by atoms with Crippen LogP contribution >= 0.6 is 11.3 Å². The molecule has 0 fully saturated rings. The minimum Gasteiger partial charge on any atom is -0.408 e. The quantitative estimate of drug-likeness (QED) is 0.516. The van der Waals surface area contributed by atoms with Crippen LogP contribution in [0.2, 0.25) is 0 Å². The third-order valence-electron chi connectivity index (χ3n) is 4.06. The van der Waals surface area contributed by atoms with Crippen LogP contribution in [0, 0.1) is 6.92 Å². The van der Waals surface area contributed by atoms with E-state index < -0.39 is 15.8 Å². The van der Waals surface area contributed by atoms with Crippen molar-refractivity contribution >= 4 is 49.0 Å². The van der Waals surface area contributed by atoms with E-state index in [1.165, 1.54) is 34.1 Å². The van der Waals surface area contributed by atoms with Crippen molar-refractivity contribution in [3.63, 3.8) is 0 Å². The largest absolute Gasteiger partial charge is 0.419 e. The zero-order valence-corrected chi connectivity index (χ0v) is 16.6. The van der Waals surface area contributed by atoms with E-state index in [1.54, 1.807) is 25.2 Å². The summed E-state index contributed by atoms with van der Waals surface area (Å²) >= 11 is 1.47. The molecule has 0 aliphatic carbocycles. The molecule has 0 bridgehead atoms. The topological polar surface area (TPSA) is 106 Å². The van der Waals surface area contributed by atoms with Crippen LogP contribution in [0.4, 0.5) is 16.5 Å². The highest BCUT2D eigenvalue weighted by molar-refractivity contribution is 7.92. The molecule has 0 spiro atoms. The lowest BCUT2D eigenvalue weighted by Gasteiger charge is -2.10. The van der Waals surface area contributed by atoms with Crippen LogP contribution < -0.4 is 15.8 Å². The SMILES string of the molecule is Cc1csc(Nc2cccc(NS(=O)(=O)c3ccc4c(c3)oc(=O)n4C)c2)n1. The maximum absolute atomic E-state index is 12.7. The fourth-order valence-electron chi connectivity index (χ4n) is 2.69. The van der Waals surface area contributed by atoms with Gasteiger partial charge in [0.25, 0.3) is 10.0 Å². The Kier molecular flexibility index (Phi) is 4.44. The smallest absolute Gasteiger partial charge is 0.408 e. The molecular weight excluding hydrogens is 400 g/mol. The van der Waals surface area contributed by atoms with Gasteiger partial charge in [0, 0.05) is 24.2 Å². The fraction of sp³-hybridized carbons (Fsp3) is 0.111. The van der Waals surface area contributed by atoms with E-state index >= 15 is 0 Å². The Morgan fingerprint density at radius 1 is 1.14 bits per heavy atom. The van der Waals surface area contributed by atoms with E-state index in [9.17, 15) is 13.2 Å². The molecule has 0 radical (unpaired) electrons. The number of nitrogens with zero attached hydrogens (tertiary/aromatic N) is 2. The molecule has 10 heteroatoms. The van der Waals surface area contributed by atoms with Gasteiger partial charge in [0.1, 0.15) is 0 Å². The second-order valence-electron chi connectivity index (χ2n) is 6.16. The summed E-state index contributed by atoms with van der Waals surface area (Å²) in [6.45, 7) is 1.90. The average Bonchev–Trinajstić information content (AvgIpc) is 3.17. The van der Waals surface area contributed by atoms with Gasteiger partial charge in [-0.3, -0.25) is 9.29 Å². The summed E-state index contributed by atoms with van der Waals surface area (Å²) in [6, 6.07) is 11.2. The van der Waals surface area contributed by atoms with Crippen molar-refractivity contribution in [2.75, 3.05) is 10.0 Å². The van der Waals surface area contributed by atoms with Crippen LogP contribution in [0.3, 0.4) is 0 Å². The predicted octanol–water partition coefficient (Wildman–Crippen LogP) is 3.44. The van der Waals surface area contributed by atoms with E-state index in [-0.39, 0.29) is 10.5 Å². The van der Waals surface area contributed by atoms with E-state index in [0.29, 0.717) is 16.9 Å². The van der Waals surface area contributed by atoms with Crippen LogP contribution in [0.1, 0.15) is 5.69 Å². The summed E-state index contributed by atoms with van der Waals surface area (Å²) in [7, 11) is -2.30. The minimum absolute atomic E-state index is 0.00302.